The van der Waals surface area contributed by atoms with Gasteiger partial charge in [-0.1, -0.05) is 0 Å². The number of carbonyl (C=O) groups is 2. The van der Waals surface area contributed by atoms with Crippen molar-refractivity contribution in [1.82, 2.24) is 0 Å². The van der Waals surface area contributed by atoms with E-state index in [0.717, 1.165) is 0 Å². The Morgan fingerprint density at radius 1 is 1.16 bits per heavy atom. The van der Waals surface area contributed by atoms with Gasteiger partial charge in [-0.3, -0.25) is 9.59 Å². The third kappa shape index (κ3) is 2.04. The van der Waals surface area contributed by atoms with Crippen LogP contribution in [-0.4, -0.2) is 23.7 Å². The van der Waals surface area contributed by atoms with Crippen LogP contribution in [0.2, 0.25) is 0 Å². The van der Waals surface area contributed by atoms with Crippen molar-refractivity contribution in [2.75, 3.05) is 7.11 Å². The fourth-order valence-electron chi connectivity index (χ4n) is 2.06. The molecule has 1 aliphatic rings. The Labute approximate surface area is 116 Å². The average Bonchev–Trinajstić information content (AvgIpc) is 2.71. The maximum Gasteiger partial charge on any atom is 0.225 e. The number of hydrogen-bond donors (Lipinski definition) is 0. The summed E-state index contributed by atoms with van der Waals surface area (Å²) in [7, 11) is 1.48. The first kappa shape index (κ1) is 13.7. The maximum absolute atomic E-state index is 12.2. The molecule has 1 aromatic heterocycles. The molecule has 0 spiro atoms. The normalized spacial score (nSPS) is 14.7. The highest BCUT2D eigenvalue weighted by Crippen LogP contribution is 2.32. The summed E-state index contributed by atoms with van der Waals surface area (Å²) in [6.07, 6.45) is 0.281. The van der Waals surface area contributed by atoms with E-state index in [4.69, 9.17) is 21.4 Å². The van der Waals surface area contributed by atoms with Crippen molar-refractivity contribution in [3.63, 3.8) is 0 Å². The molecule has 2 rings (SSSR count). The van der Waals surface area contributed by atoms with Gasteiger partial charge in [-0.2, -0.15) is 0 Å². The number of allylic oxidation sites excluding steroid dienone is 2. The Morgan fingerprint density at radius 3 is 2.32 bits per heavy atom. The minimum absolute atomic E-state index is 0.125. The number of furan rings is 1. The van der Waals surface area contributed by atoms with Crippen molar-refractivity contribution in [3.05, 3.63) is 33.8 Å². The van der Waals surface area contributed by atoms with Gasteiger partial charge in [0.25, 0.3) is 0 Å². The predicted octanol–water partition coefficient (Wildman–Crippen LogP) is 2.82. The molecule has 100 valence electrons. The smallest absolute Gasteiger partial charge is 0.225 e. The zero-order valence-corrected chi connectivity index (χ0v) is 12.1. The number of carbonyl (C=O) groups excluding carboxylic acids is 2. The van der Waals surface area contributed by atoms with Gasteiger partial charge < -0.3 is 9.15 Å². The van der Waals surface area contributed by atoms with Gasteiger partial charge in [-0.05, 0) is 33.0 Å². The monoisotopic (exact) mass is 278 g/mol. The highest BCUT2D eigenvalue weighted by Gasteiger charge is 2.34. The minimum atomic E-state index is -0.232. The number of ketones is 2. The molecule has 0 unspecified atom stereocenters. The number of methoxy groups -OCH3 is 1. The van der Waals surface area contributed by atoms with E-state index in [1.165, 1.54) is 7.11 Å². The molecule has 1 aromatic rings. The predicted molar refractivity (Wildman–Crippen MR) is 73.8 cm³/mol. The molecule has 4 nitrogen and oxygen atoms in total. The Kier molecular flexibility index (Phi) is 3.41. The molecule has 0 amide bonds. The third-order valence-corrected chi connectivity index (χ3v) is 3.77. The first-order valence-corrected chi connectivity index (χ1v) is 6.25. The Bertz CT molecular complexity index is 634. The fraction of sp³-hybridized carbons (Fsp3) is 0.357. The number of ether oxygens (including phenoxy) is 1. The lowest BCUT2D eigenvalue weighted by Gasteiger charge is -2.11. The quantitative estimate of drug-likeness (QED) is 0.779. The van der Waals surface area contributed by atoms with Crippen LogP contribution >= 0.6 is 12.2 Å². The molecule has 19 heavy (non-hydrogen) atoms. The topological polar surface area (TPSA) is 56.5 Å². The van der Waals surface area contributed by atoms with E-state index < -0.39 is 0 Å². The van der Waals surface area contributed by atoms with Crippen LogP contribution in [0.1, 0.15) is 46.1 Å². The van der Waals surface area contributed by atoms with Crippen molar-refractivity contribution in [1.29, 1.82) is 0 Å². The molecule has 5 heteroatoms. The third-order valence-electron chi connectivity index (χ3n) is 3.46. The van der Waals surface area contributed by atoms with Crippen LogP contribution in [0.4, 0.5) is 0 Å². The maximum atomic E-state index is 12.2. The Balaban J connectivity index is 2.55. The molecule has 0 N–H and O–H groups in total. The van der Waals surface area contributed by atoms with Gasteiger partial charge in [0.2, 0.25) is 5.78 Å². The van der Waals surface area contributed by atoms with Crippen LogP contribution in [0.15, 0.2) is 15.6 Å². The van der Waals surface area contributed by atoms with Crippen LogP contribution < -0.4 is 0 Å². The molecule has 0 radical (unpaired) electrons. The van der Waals surface area contributed by atoms with E-state index in [-0.39, 0.29) is 23.7 Å². The molecule has 0 aliphatic heterocycles. The van der Waals surface area contributed by atoms with E-state index in [9.17, 15) is 9.59 Å². The van der Waals surface area contributed by atoms with Crippen molar-refractivity contribution < 1.29 is 18.7 Å². The van der Waals surface area contributed by atoms with E-state index in [0.29, 0.717) is 33.1 Å². The van der Waals surface area contributed by atoms with Crippen molar-refractivity contribution in [2.45, 2.75) is 27.2 Å². The number of fused-ring (bicyclic) bond motifs is 1. The molecule has 0 aromatic carbocycles. The second-order valence-corrected chi connectivity index (χ2v) is 4.97. The Hall–Kier alpha value is -1.75. The number of hydrogen-bond acceptors (Lipinski definition) is 5. The van der Waals surface area contributed by atoms with Crippen LogP contribution in [0.25, 0.3) is 0 Å². The average molecular weight is 278 g/mol. The van der Waals surface area contributed by atoms with Crippen molar-refractivity contribution in [2.24, 2.45) is 0 Å². The van der Waals surface area contributed by atoms with Crippen molar-refractivity contribution in [3.8, 4) is 0 Å². The first-order chi connectivity index (χ1) is 8.88. The van der Waals surface area contributed by atoms with E-state index in [2.05, 4.69) is 0 Å². The first-order valence-electron chi connectivity index (χ1n) is 5.84. The number of thiocarbonyl (C=S) groups is 1. The second-order valence-electron chi connectivity index (χ2n) is 4.52. The summed E-state index contributed by atoms with van der Waals surface area (Å²) in [4.78, 5) is 24.4. The summed E-state index contributed by atoms with van der Waals surface area (Å²) in [5.41, 5.74) is 1.94. The lowest BCUT2D eigenvalue weighted by Crippen LogP contribution is -2.18. The van der Waals surface area contributed by atoms with E-state index in [1.54, 1.807) is 20.8 Å². The minimum Gasteiger partial charge on any atom is -0.490 e. The van der Waals surface area contributed by atoms with Gasteiger partial charge in [0.05, 0.1) is 19.1 Å². The molecular weight excluding hydrogens is 264 g/mol. The van der Waals surface area contributed by atoms with Gasteiger partial charge in [0.15, 0.2) is 16.6 Å². The zero-order valence-electron chi connectivity index (χ0n) is 11.2. The van der Waals surface area contributed by atoms with Crippen molar-refractivity contribution >= 4 is 28.8 Å². The zero-order chi connectivity index (χ0) is 14.3. The summed E-state index contributed by atoms with van der Waals surface area (Å²) in [6.45, 7) is 5.05. The molecule has 0 fully saturated rings. The van der Waals surface area contributed by atoms with Gasteiger partial charge in [0, 0.05) is 16.7 Å². The highest BCUT2D eigenvalue weighted by atomic mass is 32.1. The number of Topliss-reactive ketones (excluding diaryl/α,β-unsaturated/α-hetero) is 2. The van der Waals surface area contributed by atoms with E-state index >= 15 is 0 Å². The fourth-order valence-corrected chi connectivity index (χ4v) is 2.20. The van der Waals surface area contributed by atoms with Gasteiger partial charge in [-0.15, -0.1) is 0 Å². The lowest BCUT2D eigenvalue weighted by molar-refractivity contribution is 0.0955. The van der Waals surface area contributed by atoms with Gasteiger partial charge in [-0.25, -0.2) is 0 Å². The Morgan fingerprint density at radius 2 is 1.74 bits per heavy atom. The molecule has 0 bridgehead atoms. The second kappa shape index (κ2) is 4.74. The highest BCUT2D eigenvalue weighted by molar-refractivity contribution is 7.80. The summed E-state index contributed by atoms with van der Waals surface area (Å²) in [5, 5.41) is 0.357. The molecule has 0 saturated heterocycles. The number of rotatable bonds is 2. The summed E-state index contributed by atoms with van der Waals surface area (Å²) < 4.78 is 10.5. The lowest BCUT2D eigenvalue weighted by atomic mass is 9.88. The van der Waals surface area contributed by atoms with Gasteiger partial charge >= 0.3 is 0 Å². The van der Waals surface area contributed by atoms with Crippen LogP contribution in [0, 0.1) is 6.92 Å². The summed E-state index contributed by atoms with van der Waals surface area (Å²) in [6, 6.07) is 0. The van der Waals surface area contributed by atoms with Crippen LogP contribution in [0.5, 0.6) is 0 Å². The van der Waals surface area contributed by atoms with Crippen LogP contribution in [-0.2, 0) is 11.2 Å². The summed E-state index contributed by atoms with van der Waals surface area (Å²) >= 11 is 4.98. The molecule has 1 heterocycles. The SMILES string of the molecule is COC(=S)Cc1oc2c(c1C)C(=O)C(C)=C(C)C2=O. The van der Waals surface area contributed by atoms with E-state index in [1.807, 2.05) is 0 Å². The largest absolute Gasteiger partial charge is 0.490 e. The molecule has 1 aliphatic carbocycles. The standard InChI is InChI=1S/C14H14O4S/c1-6-7(2)13(16)14-11(12(6)15)8(3)9(18-14)5-10(19)17-4/h5H2,1-4H3. The van der Waals surface area contributed by atoms with Crippen LogP contribution in [0.3, 0.4) is 0 Å². The molecular formula is C14H14O4S. The summed E-state index contributed by atoms with van der Waals surface area (Å²) in [5.74, 6) is 0.258. The molecule has 0 atom stereocenters. The van der Waals surface area contributed by atoms with Gasteiger partial charge in [0.1, 0.15) is 5.76 Å². The molecule has 0 saturated carbocycles.